The summed E-state index contributed by atoms with van der Waals surface area (Å²) in [5.74, 6) is -0.412. The van der Waals surface area contributed by atoms with Gasteiger partial charge in [-0.2, -0.15) is 4.40 Å². The van der Waals surface area contributed by atoms with Gasteiger partial charge in [-0.3, -0.25) is 4.79 Å². The van der Waals surface area contributed by atoms with Crippen LogP contribution in [0.25, 0.3) is 16.9 Å². The molecule has 1 aromatic rings. The van der Waals surface area contributed by atoms with Crippen LogP contribution in [0.3, 0.4) is 0 Å². The molecule has 0 amide bonds. The van der Waals surface area contributed by atoms with Crippen LogP contribution in [0, 0.1) is 0 Å². The molecule has 19 heavy (non-hydrogen) atoms. The van der Waals surface area contributed by atoms with E-state index in [1.54, 1.807) is 8.97 Å². The average molecular weight is 254 g/mol. The van der Waals surface area contributed by atoms with Crippen LogP contribution in [0.4, 0.5) is 0 Å². The van der Waals surface area contributed by atoms with Crippen molar-refractivity contribution < 1.29 is 14.3 Å². The number of hydrogen-bond donors (Lipinski definition) is 0. The molecular weight excluding hydrogens is 240 g/mol. The summed E-state index contributed by atoms with van der Waals surface area (Å²) in [5.41, 5.74) is 2.91. The number of nitrogens with zero attached hydrogens (tertiary/aromatic N) is 2. The Hall–Kier alpha value is -2.36. The van der Waals surface area contributed by atoms with Crippen LogP contribution in [-0.4, -0.2) is 10.4 Å². The Morgan fingerprint density at radius 2 is 2.05 bits per heavy atom. The molecule has 1 aromatic heterocycles. The van der Waals surface area contributed by atoms with Gasteiger partial charge >= 0.3 is 0 Å². The van der Waals surface area contributed by atoms with Crippen LogP contribution in [0.1, 0.15) is 24.3 Å². The maximum atomic E-state index is 12.3. The zero-order chi connectivity index (χ0) is 13.6. The highest BCUT2D eigenvalue weighted by atomic mass is 16.3. The number of aromatic nitrogens is 2. The van der Waals surface area contributed by atoms with Gasteiger partial charge in [0.15, 0.2) is 0 Å². The quantitative estimate of drug-likeness (QED) is 0.515. The predicted molar refractivity (Wildman–Crippen MR) is 69.3 cm³/mol. The number of carbonyl (C=O) groups is 1. The molecule has 4 nitrogen and oxygen atoms in total. The summed E-state index contributed by atoms with van der Waals surface area (Å²) in [6.45, 7) is 3.89. The van der Waals surface area contributed by atoms with Gasteiger partial charge in [-0.25, -0.2) is 4.57 Å². The van der Waals surface area contributed by atoms with Crippen molar-refractivity contribution in [1.29, 1.82) is 0 Å². The van der Waals surface area contributed by atoms with Gasteiger partial charge in [-0.15, -0.1) is 0 Å². The van der Waals surface area contributed by atoms with Crippen molar-refractivity contribution in [2.24, 2.45) is 0 Å². The number of imidazole rings is 1. The van der Waals surface area contributed by atoms with Gasteiger partial charge in [0.2, 0.25) is 11.5 Å². The molecule has 0 unspecified atom stereocenters. The summed E-state index contributed by atoms with van der Waals surface area (Å²) >= 11 is 0. The van der Waals surface area contributed by atoms with Crippen LogP contribution in [0.15, 0.2) is 36.4 Å². The molecule has 0 bridgehead atoms. The maximum absolute atomic E-state index is 12.3. The molecule has 1 aliphatic carbocycles. The zero-order valence-electron chi connectivity index (χ0n) is 10.9. The lowest BCUT2D eigenvalue weighted by molar-refractivity contribution is -0.500. The number of rotatable bonds is 2. The Morgan fingerprint density at radius 1 is 1.32 bits per heavy atom. The van der Waals surface area contributed by atoms with Gasteiger partial charge in [0.05, 0.1) is 6.54 Å². The molecule has 0 spiro atoms. The molecule has 0 saturated carbocycles. The van der Waals surface area contributed by atoms with E-state index in [1.165, 1.54) is 6.92 Å². The van der Waals surface area contributed by atoms with E-state index in [4.69, 9.17) is 0 Å². The number of aryl methyl sites for hydroxylation is 1. The molecule has 0 fully saturated rings. The molecule has 4 heteroatoms. The Labute approximate surface area is 110 Å². The number of Topliss-reactive ketones (excluding diaryl/α,β-unsaturated/α-hetero) is 1. The van der Waals surface area contributed by atoms with Gasteiger partial charge < -0.3 is 5.11 Å². The second-order valence-electron chi connectivity index (χ2n) is 4.54. The molecule has 1 aliphatic heterocycles. The van der Waals surface area contributed by atoms with Gasteiger partial charge in [0, 0.05) is 18.6 Å². The monoisotopic (exact) mass is 254 g/mol. The normalized spacial score (nSPS) is 11.3. The van der Waals surface area contributed by atoms with Crippen LogP contribution >= 0.6 is 0 Å². The fraction of sp³-hybridized carbons (Fsp3) is 0.200. The summed E-state index contributed by atoms with van der Waals surface area (Å²) in [4.78, 5) is 11.8. The van der Waals surface area contributed by atoms with Crippen LogP contribution in [-0.2, 0) is 6.54 Å². The molecule has 2 aliphatic rings. The molecule has 0 atom stereocenters. The summed E-state index contributed by atoms with van der Waals surface area (Å²) < 4.78 is 3.40. The highest BCUT2D eigenvalue weighted by Gasteiger charge is 2.27. The number of hydrogen-bond acceptors (Lipinski definition) is 2. The van der Waals surface area contributed by atoms with E-state index in [0.717, 1.165) is 16.9 Å². The molecule has 3 rings (SSSR count). The first-order valence-corrected chi connectivity index (χ1v) is 6.29. The zero-order valence-corrected chi connectivity index (χ0v) is 10.9. The van der Waals surface area contributed by atoms with Crippen molar-refractivity contribution in [3.8, 4) is 17.1 Å². The van der Waals surface area contributed by atoms with Gasteiger partial charge in [0.25, 0.3) is 5.65 Å². The van der Waals surface area contributed by atoms with Crippen molar-refractivity contribution in [2.45, 2.75) is 20.4 Å². The Kier molecular flexibility index (Phi) is 2.52. The summed E-state index contributed by atoms with van der Waals surface area (Å²) in [6, 6.07) is 11.6. The lowest BCUT2D eigenvalue weighted by Gasteiger charge is -2.03. The molecule has 2 heterocycles. The minimum atomic E-state index is -0.210. The van der Waals surface area contributed by atoms with Crippen LogP contribution in [0.2, 0.25) is 0 Å². The number of fused-ring (bicyclic) bond motifs is 3. The van der Waals surface area contributed by atoms with E-state index >= 15 is 0 Å². The minimum absolute atomic E-state index is 0.203. The van der Waals surface area contributed by atoms with E-state index < -0.39 is 0 Å². The second kappa shape index (κ2) is 4.09. The lowest BCUT2D eigenvalue weighted by Crippen LogP contribution is -2.27. The largest absolute Gasteiger partial charge is 0.839 e. The number of ketones is 1. The minimum Gasteiger partial charge on any atom is -0.839 e. The molecular formula is C15H14N2O2. The van der Waals surface area contributed by atoms with E-state index in [9.17, 15) is 9.90 Å². The SMILES string of the molecule is CCn1c([O-])c(C(C)=O)[n+]2c3cccccc-3cc12. The second-order valence-corrected chi connectivity index (χ2v) is 4.54. The van der Waals surface area contributed by atoms with E-state index in [-0.39, 0.29) is 17.4 Å². The fourth-order valence-electron chi connectivity index (χ4n) is 2.58. The summed E-state index contributed by atoms with van der Waals surface area (Å²) in [6.07, 6.45) is 0. The molecule has 0 radical (unpaired) electrons. The van der Waals surface area contributed by atoms with Crippen molar-refractivity contribution in [3.63, 3.8) is 0 Å². The topological polar surface area (TPSA) is 49.2 Å². The highest BCUT2D eigenvalue weighted by Crippen LogP contribution is 2.26. The Morgan fingerprint density at radius 3 is 2.74 bits per heavy atom. The third kappa shape index (κ3) is 1.53. The third-order valence-electron chi connectivity index (χ3n) is 3.40. The lowest BCUT2D eigenvalue weighted by atomic mass is 10.2. The Bertz CT molecular complexity index is 758. The van der Waals surface area contributed by atoms with Gasteiger partial charge in [-0.1, -0.05) is 24.3 Å². The average Bonchev–Trinajstić information content (AvgIpc) is 2.72. The van der Waals surface area contributed by atoms with Crippen LogP contribution < -0.4 is 9.51 Å². The predicted octanol–water partition coefficient (Wildman–Crippen LogP) is 1.63. The number of carbonyl (C=O) groups excluding carboxylic acids is 1. The molecule has 0 N–H and O–H groups in total. The summed E-state index contributed by atoms with van der Waals surface area (Å²) in [7, 11) is 0. The summed E-state index contributed by atoms with van der Waals surface area (Å²) in [5, 5.41) is 12.3. The molecule has 0 saturated heterocycles. The fourth-order valence-corrected chi connectivity index (χ4v) is 2.58. The third-order valence-corrected chi connectivity index (χ3v) is 3.40. The van der Waals surface area contributed by atoms with Crippen molar-refractivity contribution in [2.75, 3.05) is 0 Å². The standard InChI is InChI=1S/C15H14N2O2/c1-3-16-13-9-11-7-5-4-6-8-12(11)17(13)14(10(2)18)15(16)19/h4-9H,3H2,1-2H3. The first-order valence-electron chi connectivity index (χ1n) is 6.29. The van der Waals surface area contributed by atoms with E-state index in [2.05, 4.69) is 0 Å². The van der Waals surface area contributed by atoms with Gasteiger partial charge in [0.1, 0.15) is 11.6 Å². The van der Waals surface area contributed by atoms with Gasteiger partial charge in [-0.05, 0) is 13.0 Å². The van der Waals surface area contributed by atoms with Crippen molar-refractivity contribution in [3.05, 3.63) is 42.1 Å². The van der Waals surface area contributed by atoms with Crippen molar-refractivity contribution >= 4 is 11.4 Å². The van der Waals surface area contributed by atoms with Crippen molar-refractivity contribution in [1.82, 2.24) is 4.57 Å². The highest BCUT2D eigenvalue weighted by molar-refractivity contribution is 5.93. The van der Waals surface area contributed by atoms with E-state index in [1.807, 2.05) is 43.3 Å². The molecule has 96 valence electrons. The van der Waals surface area contributed by atoms with Crippen LogP contribution in [0.5, 0.6) is 5.88 Å². The molecule has 0 aromatic carbocycles. The van der Waals surface area contributed by atoms with E-state index in [0.29, 0.717) is 6.54 Å². The first-order chi connectivity index (χ1) is 9.15. The smallest absolute Gasteiger partial charge is 0.287 e. The maximum Gasteiger partial charge on any atom is 0.287 e. The first kappa shape index (κ1) is 11.7. The Balaban J connectivity index is 2.54.